The minimum atomic E-state index is -0.112. The molecule has 0 aliphatic heterocycles. The number of hydrogen-bond donors (Lipinski definition) is 2. The number of hydrogen-bond acceptors (Lipinski definition) is 6. The Labute approximate surface area is 88.5 Å². The van der Waals surface area contributed by atoms with Crippen LogP contribution >= 0.6 is 0 Å². The summed E-state index contributed by atoms with van der Waals surface area (Å²) in [5.41, 5.74) is 0. The van der Waals surface area contributed by atoms with Crippen LogP contribution in [-0.4, -0.2) is 45.6 Å². The highest BCUT2D eigenvalue weighted by Crippen LogP contribution is 1.81. The molecule has 0 radical (unpaired) electrons. The van der Waals surface area contributed by atoms with Crippen molar-refractivity contribution in [2.75, 3.05) is 33.5 Å². The van der Waals surface area contributed by atoms with Gasteiger partial charge in [-0.1, -0.05) is 5.16 Å². The molecule has 0 fully saturated rings. The molecule has 0 spiro atoms. The van der Waals surface area contributed by atoms with E-state index in [1.54, 1.807) is 7.05 Å². The van der Waals surface area contributed by atoms with Crippen LogP contribution in [0.3, 0.4) is 0 Å². The van der Waals surface area contributed by atoms with Gasteiger partial charge in [-0.05, 0) is 0 Å². The van der Waals surface area contributed by atoms with Gasteiger partial charge in [0.05, 0.1) is 32.5 Å². The lowest BCUT2D eigenvalue weighted by atomic mass is 10.4. The summed E-state index contributed by atoms with van der Waals surface area (Å²) in [5, 5.41) is 6.01. The van der Waals surface area contributed by atoms with Crippen molar-refractivity contribution in [3.8, 4) is 0 Å². The second-order valence-electron chi connectivity index (χ2n) is 2.48. The Bertz CT molecular complexity index is 187. The maximum absolute atomic E-state index is 10.7. The quantitative estimate of drug-likeness (QED) is 0.295. The minimum Gasteiger partial charge on any atom is -0.394 e. The summed E-state index contributed by atoms with van der Waals surface area (Å²) in [6.45, 7) is 1.50. The fourth-order valence-electron chi connectivity index (χ4n) is 0.633. The molecular formula is C8H17N3O4. The van der Waals surface area contributed by atoms with Crippen molar-refractivity contribution < 1.29 is 19.2 Å². The molecule has 0 atom stereocenters. The summed E-state index contributed by atoms with van der Waals surface area (Å²) < 4.78 is 5.04. The summed E-state index contributed by atoms with van der Waals surface area (Å²) in [6, 6.07) is 0. The molecule has 0 aromatic carbocycles. The summed E-state index contributed by atoms with van der Waals surface area (Å²) in [4.78, 5) is 19.8. The van der Waals surface area contributed by atoms with Gasteiger partial charge in [-0.25, -0.2) is 5.90 Å². The van der Waals surface area contributed by atoms with Crippen molar-refractivity contribution in [3.05, 3.63) is 0 Å². The topological polar surface area (TPSA) is 95.2 Å². The predicted octanol–water partition coefficient (Wildman–Crippen LogP) is -0.968. The van der Waals surface area contributed by atoms with Gasteiger partial charge in [-0.2, -0.15) is 0 Å². The number of carbonyl (C=O) groups is 1. The van der Waals surface area contributed by atoms with E-state index in [-0.39, 0.29) is 12.3 Å². The van der Waals surface area contributed by atoms with Gasteiger partial charge in [0.2, 0.25) is 5.91 Å². The zero-order valence-corrected chi connectivity index (χ0v) is 8.77. The van der Waals surface area contributed by atoms with Crippen LogP contribution < -0.4 is 11.2 Å². The number of ether oxygens (including phenoxy) is 1. The summed E-state index contributed by atoms with van der Waals surface area (Å²) >= 11 is 0. The fraction of sp³-hybridized carbons (Fsp3) is 0.750. The molecule has 3 N–H and O–H groups in total. The number of nitrogens with two attached hydrogens (primary N) is 1. The van der Waals surface area contributed by atoms with Crippen LogP contribution in [0.2, 0.25) is 0 Å². The van der Waals surface area contributed by atoms with E-state index in [2.05, 4.69) is 15.3 Å². The largest absolute Gasteiger partial charge is 0.394 e. The van der Waals surface area contributed by atoms with Gasteiger partial charge in [-0.3, -0.25) is 4.79 Å². The SMILES string of the molecule is CNC(=O)C/C=N/OCCOCCON. The Morgan fingerprint density at radius 2 is 2.13 bits per heavy atom. The molecule has 0 unspecified atom stereocenters. The van der Waals surface area contributed by atoms with Crippen molar-refractivity contribution in [2.45, 2.75) is 6.42 Å². The molecule has 1 amide bonds. The lowest BCUT2D eigenvalue weighted by Crippen LogP contribution is -2.17. The Hall–Kier alpha value is -1.18. The van der Waals surface area contributed by atoms with Crippen LogP contribution in [0.1, 0.15) is 6.42 Å². The zero-order chi connectivity index (χ0) is 11.4. The lowest BCUT2D eigenvalue weighted by molar-refractivity contribution is -0.119. The molecular weight excluding hydrogens is 202 g/mol. The van der Waals surface area contributed by atoms with Gasteiger partial charge in [0.1, 0.15) is 6.61 Å². The third kappa shape index (κ3) is 10.7. The number of carbonyl (C=O) groups excluding carboxylic acids is 1. The maximum atomic E-state index is 10.7. The average Bonchev–Trinajstić information content (AvgIpc) is 2.26. The molecule has 0 bridgehead atoms. The van der Waals surface area contributed by atoms with E-state index in [1.165, 1.54) is 6.21 Å². The van der Waals surface area contributed by atoms with E-state index in [1.807, 2.05) is 0 Å². The Balaban J connectivity index is 3.13. The fourth-order valence-corrected chi connectivity index (χ4v) is 0.633. The van der Waals surface area contributed by atoms with Crippen LogP contribution in [0.25, 0.3) is 0 Å². The van der Waals surface area contributed by atoms with Gasteiger partial charge in [0.25, 0.3) is 0 Å². The number of oxime groups is 1. The van der Waals surface area contributed by atoms with Gasteiger partial charge >= 0.3 is 0 Å². The summed E-state index contributed by atoms with van der Waals surface area (Å²) in [6.07, 6.45) is 1.60. The van der Waals surface area contributed by atoms with Gasteiger partial charge in [-0.15, -0.1) is 0 Å². The van der Waals surface area contributed by atoms with E-state index in [4.69, 9.17) is 15.5 Å². The van der Waals surface area contributed by atoms with Gasteiger partial charge < -0.3 is 19.7 Å². The molecule has 15 heavy (non-hydrogen) atoms. The Morgan fingerprint density at radius 1 is 1.40 bits per heavy atom. The highest BCUT2D eigenvalue weighted by Gasteiger charge is 1.92. The number of nitrogens with zero attached hydrogens (tertiary/aromatic N) is 1. The first-order valence-corrected chi connectivity index (χ1v) is 4.55. The van der Waals surface area contributed by atoms with E-state index in [0.29, 0.717) is 26.4 Å². The Morgan fingerprint density at radius 3 is 2.80 bits per heavy atom. The second-order valence-corrected chi connectivity index (χ2v) is 2.48. The number of amides is 1. The molecule has 0 aromatic heterocycles. The molecule has 0 saturated carbocycles. The minimum absolute atomic E-state index is 0.112. The summed E-state index contributed by atoms with van der Waals surface area (Å²) in [5.74, 6) is 4.67. The van der Waals surface area contributed by atoms with E-state index in [0.717, 1.165) is 0 Å². The molecule has 7 nitrogen and oxygen atoms in total. The highest BCUT2D eigenvalue weighted by molar-refractivity contribution is 5.89. The van der Waals surface area contributed by atoms with Gasteiger partial charge in [0, 0.05) is 7.05 Å². The first-order valence-electron chi connectivity index (χ1n) is 4.55. The Kier molecular flexibility index (Phi) is 10.0. The monoisotopic (exact) mass is 219 g/mol. The molecule has 0 aliphatic rings. The smallest absolute Gasteiger partial charge is 0.225 e. The first-order chi connectivity index (χ1) is 7.31. The van der Waals surface area contributed by atoms with Crippen LogP contribution in [0.15, 0.2) is 5.16 Å². The zero-order valence-electron chi connectivity index (χ0n) is 8.77. The number of rotatable bonds is 9. The van der Waals surface area contributed by atoms with Crippen molar-refractivity contribution in [1.29, 1.82) is 0 Å². The molecule has 88 valence electrons. The normalized spacial score (nSPS) is 10.5. The van der Waals surface area contributed by atoms with Crippen molar-refractivity contribution in [2.24, 2.45) is 11.1 Å². The van der Waals surface area contributed by atoms with Crippen molar-refractivity contribution in [1.82, 2.24) is 5.32 Å². The third-order valence-corrected chi connectivity index (χ3v) is 1.37. The standard InChI is InChI=1S/C8H17N3O4/c1-10-8(12)2-3-11-15-7-5-13-4-6-14-9/h3H,2,4-7,9H2,1H3,(H,10,12)/b11-3+. The van der Waals surface area contributed by atoms with Crippen LogP contribution in [-0.2, 0) is 19.2 Å². The first kappa shape index (κ1) is 13.8. The van der Waals surface area contributed by atoms with E-state index >= 15 is 0 Å². The van der Waals surface area contributed by atoms with Crippen LogP contribution in [0.4, 0.5) is 0 Å². The maximum Gasteiger partial charge on any atom is 0.225 e. The van der Waals surface area contributed by atoms with E-state index < -0.39 is 0 Å². The molecule has 0 rings (SSSR count). The van der Waals surface area contributed by atoms with Crippen molar-refractivity contribution in [3.63, 3.8) is 0 Å². The summed E-state index contributed by atoms with van der Waals surface area (Å²) in [7, 11) is 1.56. The molecule has 0 saturated heterocycles. The average molecular weight is 219 g/mol. The second kappa shape index (κ2) is 10.9. The lowest BCUT2D eigenvalue weighted by Gasteiger charge is -2.01. The van der Waals surface area contributed by atoms with Crippen molar-refractivity contribution >= 4 is 12.1 Å². The molecule has 7 heteroatoms. The van der Waals surface area contributed by atoms with Crippen LogP contribution in [0, 0.1) is 0 Å². The molecule has 0 aliphatic carbocycles. The van der Waals surface area contributed by atoms with E-state index in [9.17, 15) is 4.79 Å². The predicted molar refractivity (Wildman–Crippen MR) is 54.1 cm³/mol. The number of nitrogens with one attached hydrogen (secondary N) is 1. The van der Waals surface area contributed by atoms with Gasteiger partial charge in [0.15, 0.2) is 0 Å². The highest BCUT2D eigenvalue weighted by atomic mass is 16.6. The van der Waals surface area contributed by atoms with Crippen LogP contribution in [0.5, 0.6) is 0 Å². The third-order valence-electron chi connectivity index (χ3n) is 1.37. The molecule has 0 heterocycles. The molecule has 0 aromatic rings.